The number of hydrogen-bond donors (Lipinski definition) is 3. The average Bonchev–Trinajstić information content (AvgIpc) is 2.87. The van der Waals surface area contributed by atoms with Gasteiger partial charge < -0.3 is 16.4 Å². The number of aromatic nitrogens is 1. The molecule has 4 N–H and O–H groups in total. The van der Waals surface area contributed by atoms with Crippen molar-refractivity contribution in [2.45, 2.75) is 25.9 Å². The highest BCUT2D eigenvalue weighted by molar-refractivity contribution is 5.96. The molecule has 0 aliphatic rings. The lowest BCUT2D eigenvalue weighted by molar-refractivity contribution is -0.127. The van der Waals surface area contributed by atoms with E-state index in [-0.39, 0.29) is 18.4 Å². The number of rotatable bonds is 8. The summed E-state index contributed by atoms with van der Waals surface area (Å²) in [6.45, 7) is 2.27. The fourth-order valence-electron chi connectivity index (χ4n) is 3.91. The van der Waals surface area contributed by atoms with Crippen molar-refractivity contribution in [1.82, 2.24) is 15.6 Å². The molecule has 4 aromatic rings. The van der Waals surface area contributed by atoms with Crippen LogP contribution in [0.5, 0.6) is 0 Å². The van der Waals surface area contributed by atoms with Crippen molar-refractivity contribution >= 4 is 34.5 Å². The fourth-order valence-corrected chi connectivity index (χ4v) is 3.91. The maximum absolute atomic E-state index is 13.2. The minimum atomic E-state index is -0.753. The highest BCUT2D eigenvalue weighted by Gasteiger charge is 2.21. The molecule has 3 aromatic carbocycles. The number of nitrogens with one attached hydrogen (secondary N) is 2. The molecule has 0 fully saturated rings. The minimum absolute atomic E-state index is 0.271. The quantitative estimate of drug-likeness (QED) is 0.341. The maximum Gasteiger partial charge on any atom is 0.244 e. The van der Waals surface area contributed by atoms with E-state index in [2.05, 4.69) is 15.6 Å². The van der Waals surface area contributed by atoms with Gasteiger partial charge in [-0.1, -0.05) is 72.8 Å². The number of aryl methyl sites for hydroxylation is 1. The first kappa shape index (κ1) is 23.7. The third-order valence-corrected chi connectivity index (χ3v) is 5.85. The molecule has 0 aliphatic heterocycles. The number of hydrogen-bond acceptors (Lipinski definition) is 4. The number of anilines is 1. The van der Waals surface area contributed by atoms with Crippen LogP contribution in [0.3, 0.4) is 0 Å². The van der Waals surface area contributed by atoms with E-state index in [0.717, 1.165) is 33.0 Å². The summed E-state index contributed by atoms with van der Waals surface area (Å²) in [5, 5.41) is 7.95. The summed E-state index contributed by atoms with van der Waals surface area (Å²) in [5.41, 5.74) is 9.47. The van der Waals surface area contributed by atoms with Crippen LogP contribution in [-0.4, -0.2) is 22.8 Å². The van der Waals surface area contributed by atoms with Crippen molar-refractivity contribution in [2.24, 2.45) is 0 Å². The van der Waals surface area contributed by atoms with Crippen LogP contribution in [0.15, 0.2) is 91.1 Å². The van der Waals surface area contributed by atoms with Crippen molar-refractivity contribution in [3.05, 3.63) is 113 Å². The Labute approximate surface area is 204 Å². The molecular weight excluding hydrogens is 436 g/mol. The molecule has 0 spiro atoms. The van der Waals surface area contributed by atoms with Crippen LogP contribution < -0.4 is 16.4 Å². The standard InChI is InChI=1S/C29H28N4O2/c1-20-7-2-3-8-22(20)14-16-28(34)33-26(29(35)32-19-21-13-15-27(30)31-18-21)17-24-11-6-10-23-9-4-5-12-25(23)24/h2-16,18,26H,17,19H2,1H3,(H2,30,31)(H,32,35)(H,33,34)/b16-14+/t26-/m0/s1. The monoisotopic (exact) mass is 464 g/mol. The molecule has 4 rings (SSSR count). The summed E-state index contributed by atoms with van der Waals surface area (Å²) in [5.74, 6) is -0.184. The van der Waals surface area contributed by atoms with Gasteiger partial charge in [-0.05, 0) is 52.1 Å². The smallest absolute Gasteiger partial charge is 0.244 e. The van der Waals surface area contributed by atoms with E-state index in [9.17, 15) is 9.59 Å². The molecule has 1 heterocycles. The molecule has 6 nitrogen and oxygen atoms in total. The fraction of sp³-hybridized carbons (Fsp3) is 0.138. The van der Waals surface area contributed by atoms with Gasteiger partial charge in [-0.25, -0.2) is 4.98 Å². The van der Waals surface area contributed by atoms with Crippen LogP contribution >= 0.6 is 0 Å². The summed E-state index contributed by atoms with van der Waals surface area (Å²) < 4.78 is 0. The van der Waals surface area contributed by atoms with Crippen LogP contribution in [0.4, 0.5) is 5.82 Å². The zero-order valence-corrected chi connectivity index (χ0v) is 19.6. The predicted octanol–water partition coefficient (Wildman–Crippen LogP) is 4.18. The Balaban J connectivity index is 1.53. The Morgan fingerprint density at radius 3 is 2.54 bits per heavy atom. The van der Waals surface area contributed by atoms with Gasteiger partial charge in [0.1, 0.15) is 11.9 Å². The highest BCUT2D eigenvalue weighted by Crippen LogP contribution is 2.20. The number of nitrogens with two attached hydrogens (primary N) is 1. The molecule has 0 bridgehead atoms. The van der Waals surface area contributed by atoms with E-state index < -0.39 is 6.04 Å². The van der Waals surface area contributed by atoms with Gasteiger partial charge in [-0.15, -0.1) is 0 Å². The lowest BCUT2D eigenvalue weighted by Crippen LogP contribution is -2.47. The molecule has 0 radical (unpaired) electrons. The van der Waals surface area contributed by atoms with Gasteiger partial charge in [0.15, 0.2) is 0 Å². The molecule has 6 heteroatoms. The maximum atomic E-state index is 13.2. The first-order valence-electron chi connectivity index (χ1n) is 11.5. The predicted molar refractivity (Wildman–Crippen MR) is 140 cm³/mol. The van der Waals surface area contributed by atoms with Crippen molar-refractivity contribution in [1.29, 1.82) is 0 Å². The molecule has 1 atom stereocenters. The van der Waals surface area contributed by atoms with Gasteiger partial charge in [0.05, 0.1) is 0 Å². The number of carbonyl (C=O) groups is 2. The number of carbonyl (C=O) groups excluding carboxylic acids is 2. The average molecular weight is 465 g/mol. The zero-order chi connectivity index (χ0) is 24.6. The Morgan fingerprint density at radius 2 is 1.74 bits per heavy atom. The summed E-state index contributed by atoms with van der Waals surface area (Å²) in [6, 6.07) is 24.6. The summed E-state index contributed by atoms with van der Waals surface area (Å²) in [6.07, 6.45) is 5.21. The molecule has 1 aromatic heterocycles. The van der Waals surface area contributed by atoms with Crippen LogP contribution in [-0.2, 0) is 22.6 Å². The van der Waals surface area contributed by atoms with Gasteiger partial charge in [0.2, 0.25) is 11.8 Å². The normalized spacial score (nSPS) is 11.9. The molecule has 0 unspecified atom stereocenters. The van der Waals surface area contributed by atoms with E-state index in [1.807, 2.05) is 79.7 Å². The van der Waals surface area contributed by atoms with Gasteiger partial charge >= 0.3 is 0 Å². The second-order valence-corrected chi connectivity index (χ2v) is 8.40. The zero-order valence-electron chi connectivity index (χ0n) is 19.6. The van der Waals surface area contributed by atoms with Gasteiger partial charge in [0.25, 0.3) is 0 Å². The molecule has 176 valence electrons. The largest absolute Gasteiger partial charge is 0.384 e. The number of amides is 2. The molecule has 35 heavy (non-hydrogen) atoms. The summed E-state index contributed by atoms with van der Waals surface area (Å²) in [4.78, 5) is 30.1. The Hall–Kier alpha value is -4.45. The Morgan fingerprint density at radius 1 is 0.971 bits per heavy atom. The third kappa shape index (κ3) is 6.32. The van der Waals surface area contributed by atoms with E-state index in [4.69, 9.17) is 5.73 Å². The molecule has 0 saturated carbocycles. The van der Waals surface area contributed by atoms with Crippen LogP contribution in [0.1, 0.15) is 22.3 Å². The Kier molecular flexibility index (Phi) is 7.53. The van der Waals surface area contributed by atoms with Gasteiger partial charge in [-0.2, -0.15) is 0 Å². The van der Waals surface area contributed by atoms with E-state index in [1.165, 1.54) is 6.08 Å². The summed E-state index contributed by atoms with van der Waals surface area (Å²) in [7, 11) is 0. The molecular formula is C29H28N4O2. The topological polar surface area (TPSA) is 97.1 Å². The molecule has 0 saturated heterocycles. The molecule has 2 amide bonds. The van der Waals surface area contributed by atoms with Gasteiger partial charge in [-0.3, -0.25) is 9.59 Å². The van der Waals surface area contributed by atoms with Crippen molar-refractivity contribution in [3.8, 4) is 0 Å². The number of fused-ring (bicyclic) bond motifs is 1. The van der Waals surface area contributed by atoms with E-state index >= 15 is 0 Å². The second kappa shape index (κ2) is 11.1. The number of nitrogens with zero attached hydrogens (tertiary/aromatic N) is 1. The first-order valence-corrected chi connectivity index (χ1v) is 11.5. The Bertz CT molecular complexity index is 1360. The van der Waals surface area contributed by atoms with E-state index in [0.29, 0.717) is 12.2 Å². The number of pyridine rings is 1. The highest BCUT2D eigenvalue weighted by atomic mass is 16.2. The van der Waals surface area contributed by atoms with Gasteiger partial charge in [0, 0.05) is 25.2 Å². The SMILES string of the molecule is Cc1ccccc1/C=C/C(=O)N[C@@H](Cc1cccc2ccccc12)C(=O)NCc1ccc(N)nc1. The van der Waals surface area contributed by atoms with Crippen LogP contribution in [0.2, 0.25) is 0 Å². The van der Waals surface area contributed by atoms with Crippen LogP contribution in [0, 0.1) is 6.92 Å². The van der Waals surface area contributed by atoms with Crippen molar-refractivity contribution < 1.29 is 9.59 Å². The van der Waals surface area contributed by atoms with Crippen molar-refractivity contribution in [3.63, 3.8) is 0 Å². The van der Waals surface area contributed by atoms with Crippen molar-refractivity contribution in [2.75, 3.05) is 5.73 Å². The van der Waals surface area contributed by atoms with Crippen LogP contribution in [0.25, 0.3) is 16.8 Å². The minimum Gasteiger partial charge on any atom is -0.384 e. The summed E-state index contributed by atoms with van der Waals surface area (Å²) >= 11 is 0. The third-order valence-electron chi connectivity index (χ3n) is 5.85. The molecule has 0 aliphatic carbocycles. The number of nitrogen functional groups attached to an aromatic ring is 1. The lowest BCUT2D eigenvalue weighted by Gasteiger charge is -2.19. The second-order valence-electron chi connectivity index (χ2n) is 8.40. The van der Waals surface area contributed by atoms with E-state index in [1.54, 1.807) is 18.3 Å². The lowest BCUT2D eigenvalue weighted by atomic mass is 9.98. The first-order chi connectivity index (χ1) is 17.0. The number of benzene rings is 3.